The van der Waals surface area contributed by atoms with Crippen LogP contribution >= 0.6 is 11.3 Å². The van der Waals surface area contributed by atoms with Crippen LogP contribution in [0.25, 0.3) is 10.6 Å². The van der Waals surface area contributed by atoms with Crippen LogP contribution in [0, 0.1) is 6.92 Å². The van der Waals surface area contributed by atoms with Crippen molar-refractivity contribution in [3.05, 3.63) is 34.9 Å². The van der Waals surface area contributed by atoms with Gasteiger partial charge < -0.3 is 14.5 Å². The average molecular weight is 305 g/mol. The van der Waals surface area contributed by atoms with E-state index in [0.717, 1.165) is 16.4 Å². The van der Waals surface area contributed by atoms with Gasteiger partial charge in [0.25, 0.3) is 0 Å². The van der Waals surface area contributed by atoms with Gasteiger partial charge in [-0.05, 0) is 37.6 Å². The van der Waals surface area contributed by atoms with Crippen LogP contribution in [0.15, 0.2) is 28.7 Å². The first kappa shape index (κ1) is 13.9. The third-order valence-corrected chi connectivity index (χ3v) is 4.37. The van der Waals surface area contributed by atoms with Gasteiger partial charge in [-0.25, -0.2) is 4.79 Å². The lowest BCUT2D eigenvalue weighted by Crippen LogP contribution is -2.30. The molecule has 110 valence electrons. The fourth-order valence-corrected chi connectivity index (χ4v) is 3.06. The van der Waals surface area contributed by atoms with Gasteiger partial charge in [0.05, 0.1) is 10.9 Å². The Hall–Kier alpha value is -2.08. The van der Waals surface area contributed by atoms with Gasteiger partial charge in [0.1, 0.15) is 23.0 Å². The molecule has 2 aromatic heterocycles. The Morgan fingerprint density at radius 2 is 2.29 bits per heavy atom. The van der Waals surface area contributed by atoms with Crippen molar-refractivity contribution in [2.45, 2.75) is 25.8 Å². The van der Waals surface area contributed by atoms with E-state index >= 15 is 0 Å². The summed E-state index contributed by atoms with van der Waals surface area (Å²) < 4.78 is 10.8. The van der Waals surface area contributed by atoms with Crippen molar-refractivity contribution in [3.63, 3.8) is 0 Å². The predicted molar refractivity (Wildman–Crippen MR) is 78.2 cm³/mol. The SMILES string of the molecule is Cc1ccc(-c2ccc(C(=O)OC[C@H]3CCC(=O)N3)s2)o1. The van der Waals surface area contributed by atoms with Gasteiger partial charge in [0, 0.05) is 6.42 Å². The fraction of sp³-hybridized carbons (Fsp3) is 0.333. The van der Waals surface area contributed by atoms with Gasteiger partial charge in [0.2, 0.25) is 5.91 Å². The van der Waals surface area contributed by atoms with E-state index < -0.39 is 0 Å². The van der Waals surface area contributed by atoms with Gasteiger partial charge in [-0.3, -0.25) is 4.79 Å². The van der Waals surface area contributed by atoms with E-state index in [1.807, 2.05) is 25.1 Å². The average Bonchev–Trinajstić information content (AvgIpc) is 3.16. The maximum absolute atomic E-state index is 12.0. The molecule has 1 aliphatic heterocycles. The van der Waals surface area contributed by atoms with E-state index in [1.165, 1.54) is 11.3 Å². The fourth-order valence-electron chi connectivity index (χ4n) is 2.20. The quantitative estimate of drug-likeness (QED) is 0.882. The summed E-state index contributed by atoms with van der Waals surface area (Å²) in [6.45, 7) is 2.10. The number of carbonyl (C=O) groups excluding carboxylic acids is 2. The molecule has 2 aromatic rings. The minimum absolute atomic E-state index is 0.0163. The third-order valence-electron chi connectivity index (χ3n) is 3.29. The molecule has 1 amide bonds. The summed E-state index contributed by atoms with van der Waals surface area (Å²) in [5.41, 5.74) is 0. The Labute approximate surface area is 125 Å². The first-order valence-electron chi connectivity index (χ1n) is 6.75. The summed E-state index contributed by atoms with van der Waals surface area (Å²) in [7, 11) is 0. The zero-order chi connectivity index (χ0) is 14.8. The van der Waals surface area contributed by atoms with Crippen molar-refractivity contribution in [1.29, 1.82) is 0 Å². The number of hydrogen-bond donors (Lipinski definition) is 1. The molecule has 1 fully saturated rings. The lowest BCUT2D eigenvalue weighted by atomic mass is 10.2. The molecular weight excluding hydrogens is 290 g/mol. The molecule has 1 N–H and O–H groups in total. The molecule has 0 aliphatic carbocycles. The number of amides is 1. The summed E-state index contributed by atoms with van der Waals surface area (Å²) in [4.78, 5) is 24.5. The monoisotopic (exact) mass is 305 g/mol. The molecule has 0 bridgehead atoms. The second-order valence-corrected chi connectivity index (χ2v) is 6.06. The number of nitrogens with one attached hydrogen (secondary N) is 1. The zero-order valence-corrected chi connectivity index (χ0v) is 12.4. The number of esters is 1. The molecule has 1 saturated heterocycles. The standard InChI is InChI=1S/C15H15NO4S/c1-9-2-4-11(20-9)12-5-6-13(21-12)15(18)19-8-10-3-7-14(17)16-10/h2,4-6,10H,3,7-8H2,1H3,(H,16,17)/t10-/m1/s1. The maximum Gasteiger partial charge on any atom is 0.348 e. The number of hydrogen-bond acceptors (Lipinski definition) is 5. The number of aryl methyl sites for hydroxylation is 1. The van der Waals surface area contributed by atoms with E-state index in [-0.39, 0.29) is 24.5 Å². The topological polar surface area (TPSA) is 68.5 Å². The molecule has 0 spiro atoms. The van der Waals surface area contributed by atoms with Crippen LogP contribution in [-0.2, 0) is 9.53 Å². The Balaban J connectivity index is 1.60. The molecule has 6 heteroatoms. The summed E-state index contributed by atoms with van der Waals surface area (Å²) >= 11 is 1.33. The number of thiophene rings is 1. The van der Waals surface area contributed by atoms with Crippen LogP contribution in [-0.4, -0.2) is 24.5 Å². The van der Waals surface area contributed by atoms with Gasteiger partial charge >= 0.3 is 5.97 Å². The highest BCUT2D eigenvalue weighted by Crippen LogP contribution is 2.29. The maximum atomic E-state index is 12.0. The van der Waals surface area contributed by atoms with Gasteiger partial charge in [-0.15, -0.1) is 11.3 Å². The van der Waals surface area contributed by atoms with E-state index in [2.05, 4.69) is 5.32 Å². The zero-order valence-electron chi connectivity index (χ0n) is 11.5. The molecular formula is C15H15NO4S. The second-order valence-electron chi connectivity index (χ2n) is 4.98. The Morgan fingerprint density at radius 1 is 1.43 bits per heavy atom. The normalized spacial score (nSPS) is 17.8. The smallest absolute Gasteiger partial charge is 0.348 e. The predicted octanol–water partition coefficient (Wildman–Crippen LogP) is 2.75. The van der Waals surface area contributed by atoms with Crippen molar-refractivity contribution in [3.8, 4) is 10.6 Å². The van der Waals surface area contributed by atoms with Crippen molar-refractivity contribution in [1.82, 2.24) is 5.32 Å². The Morgan fingerprint density at radius 3 is 2.95 bits per heavy atom. The highest BCUT2D eigenvalue weighted by atomic mass is 32.1. The van der Waals surface area contributed by atoms with Crippen LogP contribution in [0.4, 0.5) is 0 Å². The lowest BCUT2D eigenvalue weighted by molar-refractivity contribution is -0.119. The molecule has 0 unspecified atom stereocenters. The molecule has 0 radical (unpaired) electrons. The molecule has 0 saturated carbocycles. The van der Waals surface area contributed by atoms with Crippen molar-refractivity contribution < 1.29 is 18.7 Å². The van der Waals surface area contributed by atoms with E-state index in [4.69, 9.17) is 9.15 Å². The minimum atomic E-state index is -0.365. The molecule has 3 heterocycles. The molecule has 5 nitrogen and oxygen atoms in total. The summed E-state index contributed by atoms with van der Waals surface area (Å²) in [5.74, 6) is 1.23. The van der Waals surface area contributed by atoms with Crippen LogP contribution < -0.4 is 5.32 Å². The largest absolute Gasteiger partial charge is 0.461 e. The highest BCUT2D eigenvalue weighted by Gasteiger charge is 2.22. The van der Waals surface area contributed by atoms with E-state index in [1.54, 1.807) is 6.07 Å². The van der Waals surface area contributed by atoms with Gasteiger partial charge in [-0.2, -0.15) is 0 Å². The first-order valence-corrected chi connectivity index (χ1v) is 7.56. The Bertz CT molecular complexity index is 673. The summed E-state index contributed by atoms with van der Waals surface area (Å²) in [5, 5.41) is 2.77. The lowest BCUT2D eigenvalue weighted by Gasteiger charge is -2.09. The minimum Gasteiger partial charge on any atom is -0.461 e. The van der Waals surface area contributed by atoms with E-state index in [0.29, 0.717) is 17.7 Å². The molecule has 1 atom stereocenters. The van der Waals surface area contributed by atoms with Crippen molar-refractivity contribution in [2.24, 2.45) is 0 Å². The molecule has 0 aromatic carbocycles. The van der Waals surface area contributed by atoms with Gasteiger partial charge in [0.15, 0.2) is 0 Å². The number of furan rings is 1. The van der Waals surface area contributed by atoms with Crippen LogP contribution in [0.2, 0.25) is 0 Å². The molecule has 1 aliphatic rings. The molecule has 3 rings (SSSR count). The van der Waals surface area contributed by atoms with Crippen LogP contribution in [0.3, 0.4) is 0 Å². The van der Waals surface area contributed by atoms with Crippen LogP contribution in [0.5, 0.6) is 0 Å². The highest BCUT2D eigenvalue weighted by molar-refractivity contribution is 7.17. The van der Waals surface area contributed by atoms with Crippen LogP contribution in [0.1, 0.15) is 28.3 Å². The van der Waals surface area contributed by atoms with E-state index in [9.17, 15) is 9.59 Å². The second kappa shape index (κ2) is 5.73. The Kier molecular flexibility index (Phi) is 3.79. The van der Waals surface area contributed by atoms with Crippen molar-refractivity contribution in [2.75, 3.05) is 6.61 Å². The molecule has 21 heavy (non-hydrogen) atoms. The number of ether oxygens (including phenoxy) is 1. The summed E-state index contributed by atoms with van der Waals surface area (Å²) in [6, 6.07) is 7.28. The summed E-state index contributed by atoms with van der Waals surface area (Å²) in [6.07, 6.45) is 1.22. The number of rotatable bonds is 4. The third kappa shape index (κ3) is 3.16. The first-order chi connectivity index (χ1) is 10.1. The van der Waals surface area contributed by atoms with Crippen molar-refractivity contribution >= 4 is 23.2 Å². The number of carbonyl (C=O) groups is 2. The van der Waals surface area contributed by atoms with Gasteiger partial charge in [-0.1, -0.05) is 0 Å².